The van der Waals surface area contributed by atoms with Gasteiger partial charge in [-0.1, -0.05) is 45.9 Å². The highest BCUT2D eigenvalue weighted by Crippen LogP contribution is 2.31. The lowest BCUT2D eigenvalue weighted by molar-refractivity contribution is -0.146. The van der Waals surface area contributed by atoms with E-state index in [0.717, 1.165) is 17.7 Å². The van der Waals surface area contributed by atoms with Crippen LogP contribution >= 0.6 is 0 Å². The Morgan fingerprint density at radius 2 is 1.87 bits per heavy atom. The fraction of sp³-hybridized carbons (Fsp3) is 0.579. The maximum Gasteiger partial charge on any atom is 0.329 e. The highest BCUT2D eigenvalue weighted by atomic mass is 16.5. The summed E-state index contributed by atoms with van der Waals surface area (Å²) in [6.07, 6.45) is 1.80. The summed E-state index contributed by atoms with van der Waals surface area (Å²) in [5, 5.41) is 0. The average molecular weight is 319 g/mol. The fourth-order valence-electron chi connectivity index (χ4n) is 2.79. The molecule has 4 nitrogen and oxygen atoms in total. The van der Waals surface area contributed by atoms with Crippen LogP contribution in [0.1, 0.15) is 53.0 Å². The molecule has 2 rings (SSSR count). The molecule has 0 radical (unpaired) electrons. The second-order valence-corrected chi connectivity index (χ2v) is 5.79. The third-order valence-corrected chi connectivity index (χ3v) is 3.69. The lowest BCUT2D eigenvalue weighted by Crippen LogP contribution is -2.48. The number of rotatable bonds is 5. The van der Waals surface area contributed by atoms with Crippen LogP contribution in [0.5, 0.6) is 0 Å². The number of hydrogen-bond acceptors (Lipinski definition) is 3. The lowest BCUT2D eigenvalue weighted by Gasteiger charge is -2.35. The molecule has 1 atom stereocenters. The van der Waals surface area contributed by atoms with E-state index in [1.54, 1.807) is 11.8 Å². The maximum absolute atomic E-state index is 12.4. The third-order valence-electron chi connectivity index (χ3n) is 3.69. The minimum absolute atomic E-state index is 0.00685. The standard InChI is InChI=1S/C17H23NO3.C2H6/c1-4-21-17(20)15(11-12(2)3)18-14-8-6-5-7-13(14)9-10-16(18)19;1-2/h5-8,12,15H,4,9-11H2,1-3H3;1-2H3. The molecule has 128 valence electrons. The van der Waals surface area contributed by atoms with Crippen LogP contribution in [0.25, 0.3) is 0 Å². The van der Waals surface area contributed by atoms with Crippen LogP contribution in [0.3, 0.4) is 0 Å². The van der Waals surface area contributed by atoms with Gasteiger partial charge in [-0.2, -0.15) is 0 Å². The van der Waals surface area contributed by atoms with E-state index in [-0.39, 0.29) is 11.9 Å². The van der Waals surface area contributed by atoms with E-state index >= 15 is 0 Å². The van der Waals surface area contributed by atoms with E-state index in [4.69, 9.17) is 4.74 Å². The van der Waals surface area contributed by atoms with Gasteiger partial charge in [-0.05, 0) is 37.3 Å². The normalized spacial score (nSPS) is 14.7. The van der Waals surface area contributed by atoms with Gasteiger partial charge < -0.3 is 4.74 Å². The van der Waals surface area contributed by atoms with Gasteiger partial charge in [-0.25, -0.2) is 4.79 Å². The summed E-state index contributed by atoms with van der Waals surface area (Å²) in [6.45, 7) is 10.2. The van der Waals surface area contributed by atoms with Gasteiger partial charge in [-0.3, -0.25) is 9.69 Å². The Kier molecular flexibility index (Phi) is 7.79. The molecule has 1 amide bonds. The largest absolute Gasteiger partial charge is 0.464 e. The maximum atomic E-state index is 12.4. The van der Waals surface area contributed by atoms with E-state index in [9.17, 15) is 9.59 Å². The first-order chi connectivity index (χ1) is 11.0. The number of nitrogens with zero attached hydrogens (tertiary/aromatic N) is 1. The third kappa shape index (κ3) is 4.81. The summed E-state index contributed by atoms with van der Waals surface area (Å²) in [5.74, 6) is 0.00458. The van der Waals surface area contributed by atoms with Gasteiger partial charge in [0.15, 0.2) is 0 Å². The minimum atomic E-state index is -0.529. The summed E-state index contributed by atoms with van der Waals surface area (Å²) in [6, 6.07) is 7.28. The summed E-state index contributed by atoms with van der Waals surface area (Å²) in [4.78, 5) is 26.4. The Bertz CT molecular complexity index is 525. The van der Waals surface area contributed by atoms with Crippen molar-refractivity contribution >= 4 is 17.6 Å². The highest BCUT2D eigenvalue weighted by molar-refractivity contribution is 6.01. The van der Waals surface area contributed by atoms with E-state index in [1.807, 2.05) is 52.0 Å². The highest BCUT2D eigenvalue weighted by Gasteiger charge is 2.35. The molecule has 1 aliphatic rings. The Morgan fingerprint density at radius 3 is 2.48 bits per heavy atom. The van der Waals surface area contributed by atoms with Crippen LogP contribution in [-0.4, -0.2) is 24.5 Å². The topological polar surface area (TPSA) is 46.6 Å². The second-order valence-electron chi connectivity index (χ2n) is 5.79. The number of benzene rings is 1. The molecule has 4 heteroatoms. The Labute approximate surface area is 139 Å². The molecular formula is C19H29NO3. The molecule has 1 aliphatic heterocycles. The van der Waals surface area contributed by atoms with Gasteiger partial charge in [-0.15, -0.1) is 0 Å². The van der Waals surface area contributed by atoms with Crippen LogP contribution in [0.15, 0.2) is 24.3 Å². The first-order valence-corrected chi connectivity index (χ1v) is 8.61. The summed E-state index contributed by atoms with van der Waals surface area (Å²) < 4.78 is 5.19. The molecule has 0 fully saturated rings. The van der Waals surface area contributed by atoms with Crippen molar-refractivity contribution in [2.24, 2.45) is 5.92 Å². The minimum Gasteiger partial charge on any atom is -0.464 e. The van der Waals surface area contributed by atoms with Crippen molar-refractivity contribution in [3.8, 4) is 0 Å². The average Bonchev–Trinajstić information content (AvgIpc) is 2.55. The molecule has 0 aromatic heterocycles. The van der Waals surface area contributed by atoms with Crippen molar-refractivity contribution in [2.75, 3.05) is 11.5 Å². The predicted octanol–water partition coefficient (Wildman–Crippen LogP) is 3.97. The molecule has 1 aromatic rings. The van der Waals surface area contributed by atoms with Crippen molar-refractivity contribution in [3.63, 3.8) is 0 Å². The van der Waals surface area contributed by atoms with Gasteiger partial charge in [0.05, 0.1) is 6.61 Å². The lowest BCUT2D eigenvalue weighted by atomic mass is 9.95. The number of esters is 1. The van der Waals surface area contributed by atoms with Crippen LogP contribution in [0.2, 0.25) is 0 Å². The number of anilines is 1. The molecule has 0 N–H and O–H groups in total. The van der Waals surface area contributed by atoms with Crippen molar-refractivity contribution in [1.82, 2.24) is 0 Å². The number of para-hydroxylation sites is 1. The van der Waals surface area contributed by atoms with Gasteiger partial charge in [0, 0.05) is 12.1 Å². The number of fused-ring (bicyclic) bond motifs is 1. The van der Waals surface area contributed by atoms with Crippen molar-refractivity contribution in [1.29, 1.82) is 0 Å². The van der Waals surface area contributed by atoms with E-state index < -0.39 is 6.04 Å². The van der Waals surface area contributed by atoms with Crippen molar-refractivity contribution in [3.05, 3.63) is 29.8 Å². The van der Waals surface area contributed by atoms with E-state index in [1.165, 1.54) is 0 Å². The molecule has 0 bridgehead atoms. The zero-order chi connectivity index (χ0) is 17.4. The van der Waals surface area contributed by atoms with Crippen molar-refractivity contribution in [2.45, 2.75) is 59.9 Å². The van der Waals surface area contributed by atoms with Gasteiger partial charge in [0.25, 0.3) is 0 Å². The number of hydrogen-bond donors (Lipinski definition) is 0. The Hall–Kier alpha value is -1.84. The molecule has 1 unspecified atom stereocenters. The summed E-state index contributed by atoms with van der Waals surface area (Å²) >= 11 is 0. The number of amides is 1. The van der Waals surface area contributed by atoms with Gasteiger partial charge in [0.2, 0.25) is 5.91 Å². The molecular weight excluding hydrogens is 290 g/mol. The second kappa shape index (κ2) is 9.33. The van der Waals surface area contributed by atoms with E-state index in [0.29, 0.717) is 25.4 Å². The number of ether oxygens (including phenoxy) is 1. The Balaban J connectivity index is 0.00000127. The quantitative estimate of drug-likeness (QED) is 0.772. The van der Waals surface area contributed by atoms with Gasteiger partial charge in [0.1, 0.15) is 6.04 Å². The number of carbonyl (C=O) groups is 2. The van der Waals surface area contributed by atoms with Crippen LogP contribution in [0.4, 0.5) is 5.69 Å². The van der Waals surface area contributed by atoms with Crippen LogP contribution in [-0.2, 0) is 20.7 Å². The molecule has 0 saturated carbocycles. The molecule has 23 heavy (non-hydrogen) atoms. The predicted molar refractivity (Wildman–Crippen MR) is 93.5 cm³/mol. The molecule has 0 saturated heterocycles. The van der Waals surface area contributed by atoms with E-state index in [2.05, 4.69) is 0 Å². The zero-order valence-corrected chi connectivity index (χ0v) is 15.0. The van der Waals surface area contributed by atoms with Crippen molar-refractivity contribution < 1.29 is 14.3 Å². The first-order valence-electron chi connectivity index (χ1n) is 8.61. The monoisotopic (exact) mass is 319 g/mol. The number of aryl methyl sites for hydroxylation is 1. The van der Waals surface area contributed by atoms with Crippen LogP contribution in [0, 0.1) is 5.92 Å². The zero-order valence-electron chi connectivity index (χ0n) is 15.0. The van der Waals surface area contributed by atoms with Gasteiger partial charge >= 0.3 is 5.97 Å². The summed E-state index contributed by atoms with van der Waals surface area (Å²) in [7, 11) is 0. The molecule has 1 heterocycles. The smallest absolute Gasteiger partial charge is 0.329 e. The fourth-order valence-corrected chi connectivity index (χ4v) is 2.79. The SMILES string of the molecule is CC.CCOC(=O)C(CC(C)C)N1C(=O)CCc2ccccc21. The Morgan fingerprint density at radius 1 is 1.22 bits per heavy atom. The molecule has 0 aliphatic carbocycles. The molecule has 0 spiro atoms. The first kappa shape index (κ1) is 19.2. The summed E-state index contributed by atoms with van der Waals surface area (Å²) in [5.41, 5.74) is 1.97. The molecule has 1 aromatic carbocycles. The van der Waals surface area contributed by atoms with Crippen LogP contribution < -0.4 is 4.90 Å². The number of carbonyl (C=O) groups excluding carboxylic acids is 2.